The van der Waals surface area contributed by atoms with E-state index in [1.54, 1.807) is 0 Å². The lowest BCUT2D eigenvalue weighted by Crippen LogP contribution is -2.20. The predicted molar refractivity (Wildman–Crippen MR) is 54.5 cm³/mol. The Morgan fingerprint density at radius 2 is 1.79 bits per heavy atom. The maximum absolute atomic E-state index is 12.5. The van der Waals surface area contributed by atoms with Gasteiger partial charge in [-0.2, -0.15) is 13.2 Å². The first-order chi connectivity index (χ1) is 8.58. The SMILES string of the molecule is OCc1nc(C(F)(F)F)cc(OC(F)(F)F)c1CBr. The molecule has 0 spiro atoms. The third kappa shape index (κ3) is 4.23. The monoisotopic (exact) mass is 353 g/mol. The topological polar surface area (TPSA) is 42.4 Å². The van der Waals surface area contributed by atoms with Crippen LogP contribution in [0.2, 0.25) is 0 Å². The molecule has 1 N–H and O–H groups in total. The average Bonchev–Trinajstić information content (AvgIpc) is 2.24. The number of alkyl halides is 7. The summed E-state index contributed by atoms with van der Waals surface area (Å²) in [5, 5.41) is 8.62. The summed E-state index contributed by atoms with van der Waals surface area (Å²) in [6.07, 6.45) is -10.1. The Bertz CT molecular complexity index is 459. The molecule has 0 saturated carbocycles. The number of aromatic nitrogens is 1. The Labute approximate surface area is 111 Å². The molecule has 0 aliphatic heterocycles. The molecule has 1 aromatic rings. The highest BCUT2D eigenvalue weighted by atomic mass is 79.9. The molecule has 1 rings (SSSR count). The summed E-state index contributed by atoms with van der Waals surface area (Å²) < 4.78 is 77.3. The number of hydrogen-bond donors (Lipinski definition) is 1. The van der Waals surface area contributed by atoms with Gasteiger partial charge in [0, 0.05) is 17.0 Å². The second kappa shape index (κ2) is 5.53. The van der Waals surface area contributed by atoms with Crippen LogP contribution in [0.3, 0.4) is 0 Å². The van der Waals surface area contributed by atoms with Gasteiger partial charge >= 0.3 is 12.5 Å². The molecule has 1 heterocycles. The minimum absolute atomic E-state index is 0.142. The van der Waals surface area contributed by atoms with Crippen LogP contribution >= 0.6 is 15.9 Å². The molecule has 0 saturated heterocycles. The van der Waals surface area contributed by atoms with Crippen LogP contribution < -0.4 is 4.74 Å². The van der Waals surface area contributed by atoms with Crippen LogP contribution in [-0.4, -0.2) is 16.5 Å². The minimum atomic E-state index is -5.14. The summed E-state index contributed by atoms with van der Waals surface area (Å²) >= 11 is 2.80. The average molecular weight is 354 g/mol. The van der Waals surface area contributed by atoms with Gasteiger partial charge in [0.15, 0.2) is 0 Å². The van der Waals surface area contributed by atoms with Crippen molar-refractivity contribution < 1.29 is 36.2 Å². The normalized spacial score (nSPS) is 12.6. The van der Waals surface area contributed by atoms with E-state index in [1.807, 2.05) is 0 Å². The Morgan fingerprint density at radius 1 is 1.21 bits per heavy atom. The summed E-state index contributed by atoms with van der Waals surface area (Å²) in [7, 11) is 0. The highest BCUT2D eigenvalue weighted by Crippen LogP contribution is 2.36. The van der Waals surface area contributed by atoms with E-state index in [0.29, 0.717) is 0 Å². The standard InChI is InChI=1S/C9H6BrF6NO2/c10-2-4-5(3-18)17-7(8(11,12)13)1-6(4)19-9(14,15)16/h1,18H,2-3H2. The molecule has 0 unspecified atom stereocenters. The molecular formula is C9H6BrF6NO2. The first kappa shape index (κ1) is 16.0. The maximum atomic E-state index is 12.5. The Morgan fingerprint density at radius 3 is 2.16 bits per heavy atom. The number of pyridine rings is 1. The van der Waals surface area contributed by atoms with Crippen molar-refractivity contribution in [2.75, 3.05) is 0 Å². The Hall–Kier alpha value is -1.03. The minimum Gasteiger partial charge on any atom is -0.405 e. The van der Waals surface area contributed by atoms with E-state index >= 15 is 0 Å². The number of nitrogens with zero attached hydrogens (tertiary/aromatic N) is 1. The number of aliphatic hydroxyl groups excluding tert-OH is 1. The van der Waals surface area contributed by atoms with Crippen molar-refractivity contribution in [3.63, 3.8) is 0 Å². The van der Waals surface area contributed by atoms with E-state index in [0.717, 1.165) is 0 Å². The van der Waals surface area contributed by atoms with E-state index in [-0.39, 0.29) is 17.0 Å². The molecule has 0 aliphatic carbocycles. The van der Waals surface area contributed by atoms with Crippen molar-refractivity contribution in [3.8, 4) is 5.75 Å². The lowest BCUT2D eigenvalue weighted by Gasteiger charge is -2.16. The fraction of sp³-hybridized carbons (Fsp3) is 0.444. The highest BCUT2D eigenvalue weighted by Gasteiger charge is 2.37. The molecule has 0 aromatic carbocycles. The van der Waals surface area contributed by atoms with Crippen LogP contribution in [0.1, 0.15) is 17.0 Å². The van der Waals surface area contributed by atoms with Crippen molar-refractivity contribution in [2.24, 2.45) is 0 Å². The predicted octanol–water partition coefficient (Wildman–Crippen LogP) is 3.39. The molecule has 19 heavy (non-hydrogen) atoms. The smallest absolute Gasteiger partial charge is 0.405 e. The van der Waals surface area contributed by atoms with Crippen molar-refractivity contribution >= 4 is 15.9 Å². The van der Waals surface area contributed by atoms with Crippen LogP contribution in [-0.2, 0) is 18.1 Å². The van der Waals surface area contributed by atoms with Gasteiger partial charge in [-0.15, -0.1) is 13.2 Å². The number of ether oxygens (including phenoxy) is 1. The van der Waals surface area contributed by atoms with E-state index in [9.17, 15) is 26.3 Å². The van der Waals surface area contributed by atoms with Crippen LogP contribution in [0.4, 0.5) is 26.3 Å². The molecule has 0 radical (unpaired) electrons. The van der Waals surface area contributed by atoms with E-state index < -0.39 is 36.3 Å². The molecule has 10 heteroatoms. The molecule has 3 nitrogen and oxygen atoms in total. The van der Waals surface area contributed by atoms with Crippen molar-refractivity contribution in [1.82, 2.24) is 4.98 Å². The largest absolute Gasteiger partial charge is 0.573 e. The molecule has 0 amide bonds. The summed E-state index contributed by atoms with van der Waals surface area (Å²) in [5.74, 6) is -1.05. The molecule has 0 fully saturated rings. The molecule has 0 atom stereocenters. The van der Waals surface area contributed by atoms with Gasteiger partial charge in [-0.3, -0.25) is 0 Å². The zero-order valence-corrected chi connectivity index (χ0v) is 10.5. The number of aliphatic hydroxyl groups is 1. The van der Waals surface area contributed by atoms with Gasteiger partial charge in [0.1, 0.15) is 11.4 Å². The summed E-state index contributed by atoms with van der Waals surface area (Å²) in [4.78, 5) is 3.07. The van der Waals surface area contributed by atoms with Gasteiger partial charge in [0.05, 0.1) is 12.3 Å². The molecule has 108 valence electrons. The molecule has 0 bridgehead atoms. The second-order valence-electron chi connectivity index (χ2n) is 3.27. The van der Waals surface area contributed by atoms with Gasteiger partial charge in [-0.25, -0.2) is 4.98 Å². The van der Waals surface area contributed by atoms with Crippen molar-refractivity contribution in [2.45, 2.75) is 24.5 Å². The summed E-state index contributed by atoms with van der Waals surface area (Å²) in [6.45, 7) is -0.945. The van der Waals surface area contributed by atoms with E-state index in [2.05, 4.69) is 25.7 Å². The first-order valence-electron chi connectivity index (χ1n) is 4.61. The Kier molecular flexibility index (Phi) is 4.67. The highest BCUT2D eigenvalue weighted by molar-refractivity contribution is 9.08. The second-order valence-corrected chi connectivity index (χ2v) is 3.83. The van der Waals surface area contributed by atoms with Crippen LogP contribution in [0, 0.1) is 0 Å². The number of rotatable bonds is 3. The van der Waals surface area contributed by atoms with Gasteiger partial charge in [-0.1, -0.05) is 15.9 Å². The lowest BCUT2D eigenvalue weighted by molar-refractivity contribution is -0.275. The Balaban J connectivity index is 3.40. The van der Waals surface area contributed by atoms with Gasteiger partial charge in [0.25, 0.3) is 0 Å². The third-order valence-electron chi connectivity index (χ3n) is 1.97. The quantitative estimate of drug-likeness (QED) is 0.669. The molecular weight excluding hydrogens is 348 g/mol. The van der Waals surface area contributed by atoms with Crippen LogP contribution in [0.15, 0.2) is 6.07 Å². The lowest BCUT2D eigenvalue weighted by atomic mass is 10.1. The summed E-state index contributed by atoms with van der Waals surface area (Å²) in [6, 6.07) is 0.142. The molecule has 0 aliphatic rings. The van der Waals surface area contributed by atoms with Gasteiger partial charge in [-0.05, 0) is 0 Å². The summed E-state index contributed by atoms with van der Waals surface area (Å²) in [5.41, 5.74) is -2.40. The van der Waals surface area contributed by atoms with Gasteiger partial charge < -0.3 is 9.84 Å². The van der Waals surface area contributed by atoms with E-state index in [4.69, 9.17) is 5.11 Å². The van der Waals surface area contributed by atoms with Crippen molar-refractivity contribution in [1.29, 1.82) is 0 Å². The van der Waals surface area contributed by atoms with Crippen molar-refractivity contribution in [3.05, 3.63) is 23.0 Å². The number of halogens is 7. The van der Waals surface area contributed by atoms with Crippen LogP contribution in [0.25, 0.3) is 0 Å². The zero-order valence-electron chi connectivity index (χ0n) is 8.94. The third-order valence-corrected chi connectivity index (χ3v) is 2.53. The van der Waals surface area contributed by atoms with Crippen LogP contribution in [0.5, 0.6) is 5.75 Å². The molecule has 1 aromatic heterocycles. The fourth-order valence-electron chi connectivity index (χ4n) is 1.23. The number of hydrogen-bond acceptors (Lipinski definition) is 3. The fourth-order valence-corrected chi connectivity index (χ4v) is 1.83. The van der Waals surface area contributed by atoms with Gasteiger partial charge in [0.2, 0.25) is 0 Å². The zero-order chi connectivity index (χ0) is 14.8. The maximum Gasteiger partial charge on any atom is 0.573 e. The first-order valence-corrected chi connectivity index (χ1v) is 5.73. The van der Waals surface area contributed by atoms with E-state index in [1.165, 1.54) is 0 Å².